The monoisotopic (exact) mass is 215 g/mol. The number of carbonyl (C=O) groups is 1. The van der Waals surface area contributed by atoms with Crippen LogP contribution >= 0.6 is 0 Å². The van der Waals surface area contributed by atoms with Crippen molar-refractivity contribution in [3.8, 4) is 0 Å². The van der Waals surface area contributed by atoms with Crippen LogP contribution in [0.4, 0.5) is 0 Å². The number of esters is 1. The molecule has 0 saturated carbocycles. The summed E-state index contributed by atoms with van der Waals surface area (Å²) >= 11 is 0. The molecular formula is C11H21NO3. The normalized spacial score (nSPS) is 12.5. The van der Waals surface area contributed by atoms with Crippen molar-refractivity contribution < 1.29 is 14.6 Å². The topological polar surface area (TPSA) is 49.8 Å². The van der Waals surface area contributed by atoms with Crippen molar-refractivity contribution in [3.63, 3.8) is 0 Å². The molecule has 0 amide bonds. The first kappa shape index (κ1) is 14.1. The van der Waals surface area contributed by atoms with Crippen LogP contribution in [0.1, 0.15) is 20.3 Å². The number of hydrogen-bond acceptors (Lipinski definition) is 4. The van der Waals surface area contributed by atoms with Crippen molar-refractivity contribution in [1.29, 1.82) is 0 Å². The van der Waals surface area contributed by atoms with Gasteiger partial charge in [0.1, 0.15) is 12.7 Å². The maximum absolute atomic E-state index is 10.7. The molecule has 0 aromatic heterocycles. The van der Waals surface area contributed by atoms with Crippen LogP contribution in [-0.4, -0.2) is 48.3 Å². The number of likely N-dealkylation sites (N-methyl/N-ethyl adjacent to an activating group) is 1. The molecule has 0 saturated heterocycles. The van der Waals surface area contributed by atoms with Crippen LogP contribution in [0.2, 0.25) is 0 Å². The van der Waals surface area contributed by atoms with Gasteiger partial charge in [0, 0.05) is 12.6 Å². The van der Waals surface area contributed by atoms with E-state index in [2.05, 4.69) is 18.4 Å². The molecule has 0 fully saturated rings. The summed E-state index contributed by atoms with van der Waals surface area (Å²) in [6.07, 6.45) is 1.52. The highest BCUT2D eigenvalue weighted by Crippen LogP contribution is 1.96. The molecule has 1 unspecified atom stereocenters. The molecule has 15 heavy (non-hydrogen) atoms. The summed E-state index contributed by atoms with van der Waals surface area (Å²) in [4.78, 5) is 12.8. The molecule has 1 N–H and O–H groups in total. The largest absolute Gasteiger partial charge is 0.460 e. The fourth-order valence-electron chi connectivity index (χ4n) is 1.28. The molecule has 0 radical (unpaired) electrons. The van der Waals surface area contributed by atoms with Gasteiger partial charge in [-0.25, -0.2) is 4.79 Å². The molecule has 0 rings (SSSR count). The first-order valence-electron chi connectivity index (χ1n) is 5.33. The molecule has 0 aromatic carbocycles. The standard InChI is InChI=1S/C11H21NO3/c1-4-7-12(6-3)8-10(13)9-15-11(14)5-2/h5,10,13H,2,4,6-9H2,1,3H3. The van der Waals surface area contributed by atoms with Crippen LogP contribution in [0.3, 0.4) is 0 Å². The number of ether oxygens (including phenoxy) is 1. The lowest BCUT2D eigenvalue weighted by molar-refractivity contribution is -0.141. The molecule has 0 bridgehead atoms. The highest BCUT2D eigenvalue weighted by molar-refractivity contribution is 5.81. The van der Waals surface area contributed by atoms with E-state index in [0.717, 1.165) is 25.6 Å². The number of aliphatic hydroxyl groups excluding tert-OH is 1. The van der Waals surface area contributed by atoms with Crippen molar-refractivity contribution in [2.75, 3.05) is 26.2 Å². The van der Waals surface area contributed by atoms with Gasteiger partial charge in [0.25, 0.3) is 0 Å². The van der Waals surface area contributed by atoms with Gasteiger partial charge in [0.15, 0.2) is 0 Å². The third-order valence-electron chi connectivity index (χ3n) is 2.04. The van der Waals surface area contributed by atoms with E-state index in [-0.39, 0.29) is 6.61 Å². The van der Waals surface area contributed by atoms with E-state index < -0.39 is 12.1 Å². The third kappa shape index (κ3) is 7.11. The average molecular weight is 215 g/mol. The third-order valence-corrected chi connectivity index (χ3v) is 2.04. The fourth-order valence-corrected chi connectivity index (χ4v) is 1.28. The molecule has 0 heterocycles. The van der Waals surface area contributed by atoms with Crippen LogP contribution in [0, 0.1) is 0 Å². The first-order valence-corrected chi connectivity index (χ1v) is 5.33. The molecule has 0 spiro atoms. The van der Waals surface area contributed by atoms with Gasteiger partial charge in [-0.2, -0.15) is 0 Å². The van der Waals surface area contributed by atoms with Crippen molar-refractivity contribution in [2.24, 2.45) is 0 Å². The maximum atomic E-state index is 10.7. The smallest absolute Gasteiger partial charge is 0.330 e. The van der Waals surface area contributed by atoms with E-state index in [0.29, 0.717) is 6.54 Å². The summed E-state index contributed by atoms with van der Waals surface area (Å²) in [6, 6.07) is 0. The summed E-state index contributed by atoms with van der Waals surface area (Å²) in [5, 5.41) is 9.57. The Balaban J connectivity index is 3.74. The van der Waals surface area contributed by atoms with Crippen molar-refractivity contribution in [2.45, 2.75) is 26.4 Å². The van der Waals surface area contributed by atoms with E-state index in [9.17, 15) is 9.90 Å². The Morgan fingerprint density at radius 2 is 2.27 bits per heavy atom. The lowest BCUT2D eigenvalue weighted by Gasteiger charge is -2.22. The molecule has 88 valence electrons. The second-order valence-corrected chi connectivity index (χ2v) is 3.38. The van der Waals surface area contributed by atoms with Gasteiger partial charge in [0.2, 0.25) is 0 Å². The average Bonchev–Trinajstić information content (AvgIpc) is 2.25. The van der Waals surface area contributed by atoms with Gasteiger partial charge in [-0.1, -0.05) is 20.4 Å². The van der Waals surface area contributed by atoms with Crippen LogP contribution in [0.25, 0.3) is 0 Å². The lowest BCUT2D eigenvalue weighted by atomic mass is 10.3. The Labute approximate surface area is 91.5 Å². The van der Waals surface area contributed by atoms with Crippen molar-refractivity contribution in [3.05, 3.63) is 12.7 Å². The number of rotatable bonds is 8. The Bertz CT molecular complexity index is 194. The van der Waals surface area contributed by atoms with Gasteiger partial charge < -0.3 is 14.7 Å². The predicted molar refractivity (Wildman–Crippen MR) is 59.6 cm³/mol. The van der Waals surface area contributed by atoms with Crippen molar-refractivity contribution >= 4 is 5.97 Å². The van der Waals surface area contributed by atoms with Gasteiger partial charge in [-0.05, 0) is 19.5 Å². The van der Waals surface area contributed by atoms with Crippen LogP contribution in [0.15, 0.2) is 12.7 Å². The van der Waals surface area contributed by atoms with E-state index in [4.69, 9.17) is 4.74 Å². The minimum Gasteiger partial charge on any atom is -0.460 e. The molecule has 0 aliphatic heterocycles. The van der Waals surface area contributed by atoms with E-state index in [1.807, 2.05) is 6.92 Å². The molecule has 0 aliphatic rings. The van der Waals surface area contributed by atoms with Gasteiger partial charge in [-0.3, -0.25) is 0 Å². The quantitative estimate of drug-likeness (QED) is 0.481. The van der Waals surface area contributed by atoms with E-state index >= 15 is 0 Å². The SMILES string of the molecule is C=CC(=O)OCC(O)CN(CC)CCC. The molecule has 4 nitrogen and oxygen atoms in total. The van der Waals surface area contributed by atoms with E-state index in [1.165, 1.54) is 0 Å². The summed E-state index contributed by atoms with van der Waals surface area (Å²) < 4.78 is 4.74. The summed E-state index contributed by atoms with van der Waals surface area (Å²) in [7, 11) is 0. The van der Waals surface area contributed by atoms with Gasteiger partial charge in [-0.15, -0.1) is 0 Å². The van der Waals surface area contributed by atoms with Gasteiger partial charge >= 0.3 is 5.97 Å². The molecule has 4 heteroatoms. The Morgan fingerprint density at radius 1 is 1.60 bits per heavy atom. The zero-order chi connectivity index (χ0) is 11.7. The Hall–Kier alpha value is -0.870. The van der Waals surface area contributed by atoms with Crippen molar-refractivity contribution in [1.82, 2.24) is 4.90 Å². The number of hydrogen-bond donors (Lipinski definition) is 1. The second-order valence-electron chi connectivity index (χ2n) is 3.38. The number of carbonyl (C=O) groups excluding carboxylic acids is 1. The first-order chi connectivity index (χ1) is 7.13. The highest BCUT2D eigenvalue weighted by Gasteiger charge is 2.11. The second kappa shape index (κ2) is 8.44. The van der Waals surface area contributed by atoms with Crippen LogP contribution < -0.4 is 0 Å². The predicted octanol–water partition coefficient (Wildman–Crippen LogP) is 0.808. The number of aliphatic hydroxyl groups is 1. The highest BCUT2D eigenvalue weighted by atomic mass is 16.5. The Morgan fingerprint density at radius 3 is 2.73 bits per heavy atom. The molecular weight excluding hydrogens is 194 g/mol. The summed E-state index contributed by atoms with van der Waals surface area (Å²) in [5.41, 5.74) is 0. The van der Waals surface area contributed by atoms with Gasteiger partial charge in [0.05, 0.1) is 0 Å². The minimum absolute atomic E-state index is 0.0328. The van der Waals surface area contributed by atoms with Crippen LogP contribution in [-0.2, 0) is 9.53 Å². The molecule has 0 aliphatic carbocycles. The Kier molecular flexibility index (Phi) is 7.95. The number of nitrogens with zero attached hydrogens (tertiary/aromatic N) is 1. The zero-order valence-corrected chi connectivity index (χ0v) is 9.61. The summed E-state index contributed by atoms with van der Waals surface area (Å²) in [5.74, 6) is -0.493. The minimum atomic E-state index is -0.625. The van der Waals surface area contributed by atoms with Crippen LogP contribution in [0.5, 0.6) is 0 Å². The summed E-state index contributed by atoms with van der Waals surface area (Å²) in [6.45, 7) is 9.81. The maximum Gasteiger partial charge on any atom is 0.330 e. The molecule has 0 aromatic rings. The lowest BCUT2D eigenvalue weighted by Crippen LogP contribution is -2.35. The zero-order valence-electron chi connectivity index (χ0n) is 9.61. The fraction of sp³-hybridized carbons (Fsp3) is 0.727. The van der Waals surface area contributed by atoms with E-state index in [1.54, 1.807) is 0 Å². The molecule has 1 atom stereocenters.